The van der Waals surface area contributed by atoms with E-state index in [1.807, 2.05) is 0 Å². The molecule has 0 saturated carbocycles. The van der Waals surface area contributed by atoms with E-state index in [1.54, 1.807) is 0 Å². The third-order valence-electron chi connectivity index (χ3n) is 3.04. The van der Waals surface area contributed by atoms with Gasteiger partial charge in [0.2, 0.25) is 0 Å². The van der Waals surface area contributed by atoms with Crippen molar-refractivity contribution in [2.75, 3.05) is 6.54 Å². The molecule has 1 rings (SSSR count). The van der Waals surface area contributed by atoms with Crippen LogP contribution in [0.2, 0.25) is 0 Å². The lowest BCUT2D eigenvalue weighted by Gasteiger charge is -2.22. The van der Waals surface area contributed by atoms with Crippen molar-refractivity contribution in [2.24, 2.45) is 0 Å². The Hall–Kier alpha value is -0.340. The Morgan fingerprint density at radius 3 is 2.21 bits per heavy atom. The fraction of sp³-hybridized carbons (Fsp3) is 0.833. The Bertz CT molecular complexity index is 228. The van der Waals surface area contributed by atoms with Crippen molar-refractivity contribution in [3.63, 3.8) is 0 Å². The normalized spacial score (nSPS) is 25.7. The van der Waals surface area contributed by atoms with Gasteiger partial charge in [0.1, 0.15) is 12.3 Å². The smallest absolute Gasteiger partial charge is 0.142 e. The van der Waals surface area contributed by atoms with Crippen LogP contribution in [0.4, 0.5) is 0 Å². The zero-order valence-electron chi connectivity index (χ0n) is 10.3. The molecular weight excluding hydrogens is 174 g/mol. The Morgan fingerprint density at radius 1 is 1.29 bits per heavy atom. The average molecular weight is 197 g/mol. The molecular formula is C12H23NO. The molecule has 0 aromatic carbocycles. The summed E-state index contributed by atoms with van der Waals surface area (Å²) in [6, 6.07) is 0.569. The number of nitrogens with zero attached hydrogens (tertiary/aromatic N) is 1. The molecule has 0 aliphatic carbocycles. The molecule has 0 spiro atoms. The van der Waals surface area contributed by atoms with Gasteiger partial charge in [0.25, 0.3) is 0 Å². The predicted molar refractivity (Wildman–Crippen MR) is 60.2 cm³/mol. The molecule has 2 unspecified atom stereocenters. The number of allylic oxidation sites excluding steroid dienone is 1. The van der Waals surface area contributed by atoms with Gasteiger partial charge in [0.15, 0.2) is 0 Å². The lowest BCUT2D eigenvalue weighted by Crippen LogP contribution is -2.34. The molecule has 1 fully saturated rings. The van der Waals surface area contributed by atoms with E-state index in [0.29, 0.717) is 18.4 Å². The minimum Gasteiger partial charge on any atom is -0.348 e. The van der Waals surface area contributed by atoms with Gasteiger partial charge in [-0.25, -0.2) is 0 Å². The monoisotopic (exact) mass is 197 g/mol. The second-order valence-electron chi connectivity index (χ2n) is 4.55. The quantitative estimate of drug-likeness (QED) is 0.509. The summed E-state index contributed by atoms with van der Waals surface area (Å²) in [6.45, 7) is 14.2. The van der Waals surface area contributed by atoms with Crippen LogP contribution in [0, 0.1) is 0 Å². The number of hydrogen-bond acceptors (Lipinski definition) is 2. The second kappa shape index (κ2) is 4.45. The molecule has 0 N–H and O–H groups in total. The van der Waals surface area contributed by atoms with Gasteiger partial charge in [-0.3, -0.25) is 4.90 Å². The molecule has 2 nitrogen and oxygen atoms in total. The lowest BCUT2D eigenvalue weighted by atomic mass is 10.1. The fourth-order valence-electron chi connectivity index (χ4n) is 1.80. The van der Waals surface area contributed by atoms with E-state index < -0.39 is 0 Å². The molecule has 0 radical (unpaired) electrons. The first-order valence-electron chi connectivity index (χ1n) is 5.54. The van der Waals surface area contributed by atoms with Crippen LogP contribution < -0.4 is 0 Å². The molecule has 1 aliphatic heterocycles. The van der Waals surface area contributed by atoms with Gasteiger partial charge >= 0.3 is 0 Å². The van der Waals surface area contributed by atoms with Crippen LogP contribution in [0.15, 0.2) is 11.1 Å². The Balaban J connectivity index is 2.57. The van der Waals surface area contributed by atoms with Crippen LogP contribution in [0.3, 0.4) is 0 Å². The molecule has 2 heteroatoms. The first-order valence-corrected chi connectivity index (χ1v) is 5.54. The van der Waals surface area contributed by atoms with Crippen LogP contribution in [0.1, 0.15) is 41.5 Å². The lowest BCUT2D eigenvalue weighted by molar-refractivity contribution is 0.147. The number of epoxide rings is 1. The van der Waals surface area contributed by atoms with Crippen LogP contribution in [0.5, 0.6) is 0 Å². The van der Waals surface area contributed by atoms with E-state index >= 15 is 0 Å². The molecule has 0 amide bonds. The van der Waals surface area contributed by atoms with E-state index in [2.05, 4.69) is 46.4 Å². The highest BCUT2D eigenvalue weighted by Crippen LogP contribution is 2.34. The summed E-state index contributed by atoms with van der Waals surface area (Å²) in [6.07, 6.45) is 0.678. The van der Waals surface area contributed by atoms with E-state index in [4.69, 9.17) is 4.74 Å². The van der Waals surface area contributed by atoms with E-state index in [1.165, 1.54) is 11.1 Å². The minimum absolute atomic E-state index is 0.329. The maximum atomic E-state index is 5.72. The summed E-state index contributed by atoms with van der Waals surface area (Å²) < 4.78 is 5.72. The summed E-state index contributed by atoms with van der Waals surface area (Å²) in [5.41, 5.74) is 2.78. The van der Waals surface area contributed by atoms with Crippen molar-refractivity contribution >= 4 is 0 Å². The highest BCUT2D eigenvalue weighted by atomic mass is 16.6. The zero-order valence-corrected chi connectivity index (χ0v) is 10.3. The van der Waals surface area contributed by atoms with E-state index in [-0.39, 0.29) is 0 Å². The largest absolute Gasteiger partial charge is 0.348 e. The van der Waals surface area contributed by atoms with Gasteiger partial charge in [-0.15, -0.1) is 0 Å². The Morgan fingerprint density at radius 2 is 1.86 bits per heavy atom. The third-order valence-corrected chi connectivity index (χ3v) is 3.04. The Kier molecular flexibility index (Phi) is 3.73. The molecule has 0 bridgehead atoms. The SMILES string of the molecule is CCN(C(C)C)C1OC1C(C)=C(C)C. The molecule has 1 heterocycles. The minimum atomic E-state index is 0.329. The number of hydrogen-bond donors (Lipinski definition) is 0. The molecule has 82 valence electrons. The van der Waals surface area contributed by atoms with Crippen LogP contribution in [-0.4, -0.2) is 29.8 Å². The van der Waals surface area contributed by atoms with E-state index in [9.17, 15) is 0 Å². The fourth-order valence-corrected chi connectivity index (χ4v) is 1.80. The summed E-state index contributed by atoms with van der Waals surface area (Å²) in [5.74, 6) is 0. The summed E-state index contributed by atoms with van der Waals surface area (Å²) in [5, 5.41) is 0. The summed E-state index contributed by atoms with van der Waals surface area (Å²) in [4.78, 5) is 2.40. The highest BCUT2D eigenvalue weighted by molar-refractivity contribution is 5.19. The Labute approximate surface area is 87.9 Å². The van der Waals surface area contributed by atoms with Crippen molar-refractivity contribution in [1.82, 2.24) is 4.90 Å². The van der Waals surface area contributed by atoms with Gasteiger partial charge < -0.3 is 4.74 Å². The number of ether oxygens (including phenoxy) is 1. The van der Waals surface area contributed by atoms with Crippen molar-refractivity contribution in [1.29, 1.82) is 0 Å². The first kappa shape index (κ1) is 11.7. The maximum absolute atomic E-state index is 5.72. The summed E-state index contributed by atoms with van der Waals surface area (Å²) in [7, 11) is 0. The number of likely N-dealkylation sites (N-methyl/N-ethyl adjacent to an activating group) is 1. The molecule has 1 aliphatic rings. The second-order valence-corrected chi connectivity index (χ2v) is 4.55. The van der Waals surface area contributed by atoms with Gasteiger partial charge in [0, 0.05) is 6.04 Å². The van der Waals surface area contributed by atoms with Gasteiger partial charge in [-0.1, -0.05) is 12.5 Å². The summed E-state index contributed by atoms with van der Waals surface area (Å²) >= 11 is 0. The van der Waals surface area contributed by atoms with Crippen LogP contribution in [-0.2, 0) is 4.74 Å². The van der Waals surface area contributed by atoms with Crippen molar-refractivity contribution < 1.29 is 4.74 Å². The molecule has 0 aromatic rings. The number of rotatable bonds is 4. The molecule has 14 heavy (non-hydrogen) atoms. The molecule has 2 atom stereocenters. The van der Waals surface area contributed by atoms with Crippen molar-refractivity contribution in [3.05, 3.63) is 11.1 Å². The van der Waals surface area contributed by atoms with Crippen molar-refractivity contribution in [3.8, 4) is 0 Å². The standard InChI is InChI=1S/C12H23NO/c1-7-13(9(4)5)12-11(14-12)10(6)8(2)3/h9,11-12H,7H2,1-6H3. The zero-order chi connectivity index (χ0) is 10.9. The van der Waals surface area contributed by atoms with Gasteiger partial charge in [-0.05, 0) is 46.7 Å². The van der Waals surface area contributed by atoms with Crippen LogP contribution in [0.25, 0.3) is 0 Å². The maximum Gasteiger partial charge on any atom is 0.142 e. The predicted octanol–water partition coefficient (Wildman–Crippen LogP) is 2.80. The van der Waals surface area contributed by atoms with E-state index in [0.717, 1.165) is 6.54 Å². The van der Waals surface area contributed by atoms with Gasteiger partial charge in [-0.2, -0.15) is 0 Å². The van der Waals surface area contributed by atoms with Gasteiger partial charge in [0.05, 0.1) is 0 Å². The highest BCUT2D eigenvalue weighted by Gasteiger charge is 2.45. The first-order chi connectivity index (χ1) is 6.49. The third kappa shape index (κ3) is 2.37. The molecule has 0 aromatic heterocycles. The average Bonchev–Trinajstić information content (AvgIpc) is 2.83. The topological polar surface area (TPSA) is 15.8 Å². The van der Waals surface area contributed by atoms with Crippen molar-refractivity contribution in [2.45, 2.75) is 59.9 Å². The van der Waals surface area contributed by atoms with Crippen LogP contribution >= 0.6 is 0 Å². The molecule has 1 saturated heterocycles.